The summed E-state index contributed by atoms with van der Waals surface area (Å²) in [6.07, 6.45) is 0. The molecule has 3 rings (SSSR count). The molecule has 0 amide bonds. The largest absolute Gasteiger partial charge is 0.497 e. The van der Waals surface area contributed by atoms with Crippen LogP contribution in [0.1, 0.15) is 11.1 Å². The number of aliphatic imine (C=N–C) groups is 1. The van der Waals surface area contributed by atoms with Crippen molar-refractivity contribution in [2.75, 3.05) is 20.2 Å². The van der Waals surface area contributed by atoms with Gasteiger partial charge in [-0.3, -0.25) is 4.99 Å². The molecule has 4 heteroatoms. The zero-order chi connectivity index (χ0) is 14.5. The minimum Gasteiger partial charge on any atom is -0.497 e. The van der Waals surface area contributed by atoms with E-state index in [2.05, 4.69) is 22.4 Å². The minimum atomic E-state index is 0.504. The highest BCUT2D eigenvalue weighted by molar-refractivity contribution is 6.00. The fourth-order valence-electron chi connectivity index (χ4n) is 2.31. The summed E-state index contributed by atoms with van der Waals surface area (Å²) >= 11 is 0. The Morgan fingerprint density at radius 2 is 1.95 bits per heavy atom. The molecule has 108 valence electrons. The fraction of sp³-hybridized carbons (Fsp3) is 0.235. The van der Waals surface area contributed by atoms with Crippen molar-refractivity contribution in [3.8, 4) is 11.5 Å². The van der Waals surface area contributed by atoms with Gasteiger partial charge in [0, 0.05) is 23.7 Å². The first kappa shape index (κ1) is 13.5. The highest BCUT2D eigenvalue weighted by atomic mass is 16.5. The van der Waals surface area contributed by atoms with Gasteiger partial charge in [-0.25, -0.2) is 0 Å². The lowest BCUT2D eigenvalue weighted by atomic mass is 10.1. The van der Waals surface area contributed by atoms with Gasteiger partial charge < -0.3 is 14.8 Å². The maximum atomic E-state index is 5.87. The van der Waals surface area contributed by atoms with Crippen LogP contribution in [0.2, 0.25) is 0 Å². The number of nitrogens with zero attached hydrogens (tertiary/aromatic N) is 1. The highest BCUT2D eigenvalue weighted by Crippen LogP contribution is 2.21. The summed E-state index contributed by atoms with van der Waals surface area (Å²) in [6.45, 7) is 2.24. The molecule has 0 radical (unpaired) electrons. The topological polar surface area (TPSA) is 42.9 Å². The number of methoxy groups -OCH3 is 1. The predicted octanol–water partition coefficient (Wildman–Crippen LogP) is 2.62. The number of rotatable bonds is 5. The molecule has 0 spiro atoms. The van der Waals surface area contributed by atoms with Crippen LogP contribution in [0.3, 0.4) is 0 Å². The van der Waals surface area contributed by atoms with Gasteiger partial charge in [-0.05, 0) is 12.1 Å². The second-order valence-corrected chi connectivity index (χ2v) is 4.78. The molecule has 0 saturated carbocycles. The van der Waals surface area contributed by atoms with Crippen LogP contribution in [0.25, 0.3) is 0 Å². The van der Waals surface area contributed by atoms with E-state index in [4.69, 9.17) is 9.47 Å². The molecule has 0 saturated heterocycles. The Hall–Kier alpha value is -2.49. The number of benzene rings is 2. The van der Waals surface area contributed by atoms with E-state index in [-0.39, 0.29) is 0 Å². The number of hydrogen-bond donors (Lipinski definition) is 1. The standard InChI is InChI=1S/C17H18N2O2/c1-20-14-6-4-7-15(11-14)21-12-13-5-2-3-8-16(13)17-18-9-10-19-17/h2-8,11H,9-10,12H2,1H3,(H,18,19). The molecule has 0 unspecified atom stereocenters. The zero-order valence-corrected chi connectivity index (χ0v) is 12.0. The first-order valence-corrected chi connectivity index (χ1v) is 7.00. The Balaban J connectivity index is 1.76. The predicted molar refractivity (Wildman–Crippen MR) is 83.2 cm³/mol. The van der Waals surface area contributed by atoms with Gasteiger partial charge in [-0.1, -0.05) is 30.3 Å². The lowest BCUT2D eigenvalue weighted by Crippen LogP contribution is -2.21. The Morgan fingerprint density at radius 1 is 1.10 bits per heavy atom. The molecule has 0 aromatic heterocycles. The number of ether oxygens (including phenoxy) is 2. The smallest absolute Gasteiger partial charge is 0.128 e. The third kappa shape index (κ3) is 3.16. The van der Waals surface area contributed by atoms with Crippen LogP contribution < -0.4 is 14.8 Å². The van der Waals surface area contributed by atoms with Gasteiger partial charge in [-0.2, -0.15) is 0 Å². The summed E-state index contributed by atoms with van der Waals surface area (Å²) in [5, 5.41) is 3.30. The van der Waals surface area contributed by atoms with E-state index in [1.54, 1.807) is 7.11 Å². The summed E-state index contributed by atoms with van der Waals surface area (Å²) in [4.78, 5) is 4.48. The molecular weight excluding hydrogens is 264 g/mol. The van der Waals surface area contributed by atoms with Gasteiger partial charge in [0.2, 0.25) is 0 Å². The maximum Gasteiger partial charge on any atom is 0.128 e. The van der Waals surface area contributed by atoms with Gasteiger partial charge in [0.05, 0.1) is 13.7 Å². The Kier molecular flexibility index (Phi) is 4.05. The molecule has 1 N–H and O–H groups in total. The van der Waals surface area contributed by atoms with Gasteiger partial charge in [-0.15, -0.1) is 0 Å². The van der Waals surface area contributed by atoms with Crippen LogP contribution >= 0.6 is 0 Å². The third-order valence-electron chi connectivity index (χ3n) is 3.38. The van der Waals surface area contributed by atoms with Crippen LogP contribution in [0.4, 0.5) is 0 Å². The second-order valence-electron chi connectivity index (χ2n) is 4.78. The van der Waals surface area contributed by atoms with Crippen LogP contribution in [-0.2, 0) is 6.61 Å². The molecular formula is C17H18N2O2. The third-order valence-corrected chi connectivity index (χ3v) is 3.38. The summed E-state index contributed by atoms with van der Waals surface area (Å²) < 4.78 is 11.1. The van der Waals surface area contributed by atoms with Crippen molar-refractivity contribution < 1.29 is 9.47 Å². The minimum absolute atomic E-state index is 0.504. The van der Waals surface area contributed by atoms with Crippen LogP contribution in [0, 0.1) is 0 Å². The van der Waals surface area contributed by atoms with Gasteiger partial charge >= 0.3 is 0 Å². The number of amidine groups is 1. The van der Waals surface area contributed by atoms with Crippen molar-refractivity contribution in [1.29, 1.82) is 0 Å². The van der Waals surface area contributed by atoms with Crippen LogP contribution in [0.5, 0.6) is 11.5 Å². The molecule has 1 heterocycles. The van der Waals surface area contributed by atoms with E-state index in [0.717, 1.165) is 41.6 Å². The summed E-state index contributed by atoms with van der Waals surface area (Å²) in [5.41, 5.74) is 2.23. The second kappa shape index (κ2) is 6.31. The molecule has 1 aliphatic heterocycles. The zero-order valence-electron chi connectivity index (χ0n) is 12.0. The lowest BCUT2D eigenvalue weighted by Gasteiger charge is -2.12. The van der Waals surface area contributed by atoms with Gasteiger partial charge in [0.15, 0.2) is 0 Å². The van der Waals surface area contributed by atoms with E-state index >= 15 is 0 Å². The molecule has 2 aromatic carbocycles. The summed E-state index contributed by atoms with van der Waals surface area (Å²) in [6, 6.07) is 15.8. The lowest BCUT2D eigenvalue weighted by molar-refractivity contribution is 0.303. The Morgan fingerprint density at radius 3 is 2.76 bits per heavy atom. The first-order valence-electron chi connectivity index (χ1n) is 7.00. The average molecular weight is 282 g/mol. The van der Waals surface area contributed by atoms with E-state index in [1.807, 2.05) is 36.4 Å². The van der Waals surface area contributed by atoms with E-state index < -0.39 is 0 Å². The molecule has 0 atom stereocenters. The average Bonchev–Trinajstić information content (AvgIpc) is 3.08. The SMILES string of the molecule is COc1cccc(OCc2ccccc2C2=NCCN2)c1. The highest BCUT2D eigenvalue weighted by Gasteiger charge is 2.12. The van der Waals surface area contributed by atoms with Crippen molar-refractivity contribution in [2.24, 2.45) is 4.99 Å². The number of hydrogen-bond acceptors (Lipinski definition) is 4. The van der Waals surface area contributed by atoms with E-state index in [0.29, 0.717) is 6.61 Å². The van der Waals surface area contributed by atoms with E-state index in [9.17, 15) is 0 Å². The fourth-order valence-corrected chi connectivity index (χ4v) is 2.31. The Bertz CT molecular complexity index is 653. The molecule has 2 aromatic rings. The molecule has 0 bridgehead atoms. The maximum absolute atomic E-state index is 5.87. The van der Waals surface area contributed by atoms with Crippen molar-refractivity contribution in [1.82, 2.24) is 5.32 Å². The van der Waals surface area contributed by atoms with Crippen molar-refractivity contribution in [2.45, 2.75) is 6.61 Å². The van der Waals surface area contributed by atoms with Crippen molar-refractivity contribution >= 4 is 5.84 Å². The van der Waals surface area contributed by atoms with Crippen molar-refractivity contribution in [3.63, 3.8) is 0 Å². The molecule has 1 aliphatic rings. The molecule has 0 fully saturated rings. The molecule has 21 heavy (non-hydrogen) atoms. The number of nitrogens with one attached hydrogen (secondary N) is 1. The summed E-state index contributed by atoms with van der Waals surface area (Å²) in [7, 11) is 1.65. The van der Waals surface area contributed by atoms with Gasteiger partial charge in [0.25, 0.3) is 0 Å². The van der Waals surface area contributed by atoms with E-state index in [1.165, 1.54) is 0 Å². The summed E-state index contributed by atoms with van der Waals surface area (Å²) in [5.74, 6) is 2.55. The molecule has 0 aliphatic carbocycles. The van der Waals surface area contributed by atoms with Crippen LogP contribution in [-0.4, -0.2) is 26.0 Å². The molecule has 4 nitrogen and oxygen atoms in total. The first-order chi connectivity index (χ1) is 10.4. The monoisotopic (exact) mass is 282 g/mol. The van der Waals surface area contributed by atoms with Gasteiger partial charge in [0.1, 0.15) is 23.9 Å². The van der Waals surface area contributed by atoms with Crippen molar-refractivity contribution in [3.05, 3.63) is 59.7 Å². The normalized spacial score (nSPS) is 13.5. The van der Waals surface area contributed by atoms with Crippen LogP contribution in [0.15, 0.2) is 53.5 Å². The quantitative estimate of drug-likeness (QED) is 0.916. The Labute approximate surface area is 124 Å².